The quantitative estimate of drug-likeness (QED) is 0.788. The van der Waals surface area contributed by atoms with E-state index in [-0.39, 0.29) is 24.7 Å². The maximum Gasteiger partial charge on any atom is 0.255 e. The van der Waals surface area contributed by atoms with Crippen LogP contribution >= 0.6 is 11.6 Å². The SMILES string of the molecule is O=C1COc2ncc(C(=O)N3CCC(COc4cccc(Cl)c4)CC3)cc2C1. The van der Waals surface area contributed by atoms with Crippen molar-refractivity contribution in [3.05, 3.63) is 52.7 Å². The Bertz CT molecular complexity index is 894. The molecule has 7 heteroatoms. The second kappa shape index (κ2) is 8.19. The predicted molar refractivity (Wildman–Crippen MR) is 104 cm³/mol. The Balaban J connectivity index is 1.31. The average molecular weight is 401 g/mol. The first-order valence-corrected chi connectivity index (χ1v) is 9.77. The van der Waals surface area contributed by atoms with Crippen molar-refractivity contribution in [3.8, 4) is 11.6 Å². The summed E-state index contributed by atoms with van der Waals surface area (Å²) in [7, 11) is 0. The average Bonchev–Trinajstić information content (AvgIpc) is 2.71. The van der Waals surface area contributed by atoms with Crippen molar-refractivity contribution in [3.63, 3.8) is 0 Å². The second-order valence-corrected chi connectivity index (χ2v) is 7.63. The molecule has 0 saturated carbocycles. The van der Waals surface area contributed by atoms with E-state index in [4.69, 9.17) is 21.1 Å². The summed E-state index contributed by atoms with van der Waals surface area (Å²) in [6.45, 7) is 2.02. The summed E-state index contributed by atoms with van der Waals surface area (Å²) in [5.74, 6) is 1.56. The highest BCUT2D eigenvalue weighted by molar-refractivity contribution is 6.30. The van der Waals surface area contributed by atoms with E-state index >= 15 is 0 Å². The van der Waals surface area contributed by atoms with Crippen LogP contribution < -0.4 is 9.47 Å². The van der Waals surface area contributed by atoms with Gasteiger partial charge in [0.05, 0.1) is 12.2 Å². The number of pyridine rings is 1. The van der Waals surface area contributed by atoms with E-state index in [0.717, 1.165) is 18.6 Å². The first-order chi connectivity index (χ1) is 13.6. The molecule has 2 aliphatic rings. The minimum Gasteiger partial charge on any atom is -0.493 e. The van der Waals surface area contributed by atoms with Crippen LogP contribution in [0.25, 0.3) is 0 Å². The van der Waals surface area contributed by atoms with Crippen LogP contribution in [0.3, 0.4) is 0 Å². The van der Waals surface area contributed by atoms with Gasteiger partial charge in [0.1, 0.15) is 12.4 Å². The van der Waals surface area contributed by atoms with Crippen LogP contribution in [0, 0.1) is 5.92 Å². The molecule has 1 saturated heterocycles. The third kappa shape index (κ3) is 4.28. The van der Waals surface area contributed by atoms with E-state index in [0.29, 0.717) is 47.6 Å². The van der Waals surface area contributed by atoms with Gasteiger partial charge in [-0.25, -0.2) is 4.98 Å². The highest BCUT2D eigenvalue weighted by atomic mass is 35.5. The Kier molecular flexibility index (Phi) is 5.48. The molecule has 146 valence electrons. The van der Waals surface area contributed by atoms with Crippen LogP contribution in [0.2, 0.25) is 5.02 Å². The summed E-state index contributed by atoms with van der Waals surface area (Å²) in [6, 6.07) is 9.11. The molecule has 0 atom stereocenters. The van der Waals surface area contributed by atoms with Crippen molar-refractivity contribution < 1.29 is 19.1 Å². The Morgan fingerprint density at radius 3 is 2.89 bits per heavy atom. The molecule has 28 heavy (non-hydrogen) atoms. The number of Topliss-reactive ketones (excluding diaryl/α,β-unsaturated/α-hetero) is 1. The number of ether oxygens (including phenoxy) is 2. The minimum atomic E-state index is -0.0532. The van der Waals surface area contributed by atoms with Crippen molar-refractivity contribution in [2.24, 2.45) is 5.92 Å². The molecule has 1 aromatic heterocycles. The zero-order valence-corrected chi connectivity index (χ0v) is 16.2. The van der Waals surface area contributed by atoms with Crippen LogP contribution in [-0.4, -0.2) is 47.9 Å². The fraction of sp³-hybridized carbons (Fsp3) is 0.381. The zero-order chi connectivity index (χ0) is 19.5. The number of hydrogen-bond donors (Lipinski definition) is 0. The number of likely N-dealkylation sites (tertiary alicyclic amines) is 1. The highest BCUT2D eigenvalue weighted by Gasteiger charge is 2.26. The minimum absolute atomic E-state index is 0.000540. The number of rotatable bonds is 4. The first-order valence-electron chi connectivity index (χ1n) is 9.39. The van der Waals surface area contributed by atoms with Gasteiger partial charge in [-0.1, -0.05) is 17.7 Å². The molecule has 6 nitrogen and oxygen atoms in total. The summed E-state index contributed by atoms with van der Waals surface area (Å²) >= 11 is 5.98. The number of ketones is 1. The number of halogens is 1. The van der Waals surface area contributed by atoms with Crippen molar-refractivity contribution in [2.75, 3.05) is 26.3 Å². The molecule has 1 fully saturated rings. The lowest BCUT2D eigenvalue weighted by atomic mass is 9.97. The smallest absolute Gasteiger partial charge is 0.255 e. The summed E-state index contributed by atoms with van der Waals surface area (Å²) < 4.78 is 11.1. The highest BCUT2D eigenvalue weighted by Crippen LogP contribution is 2.25. The van der Waals surface area contributed by atoms with Crippen LogP contribution in [0.5, 0.6) is 11.6 Å². The molecular formula is C21H21ClN2O4. The molecule has 0 bridgehead atoms. The lowest BCUT2D eigenvalue weighted by molar-refractivity contribution is -0.121. The number of fused-ring (bicyclic) bond motifs is 1. The number of amides is 1. The van der Waals surface area contributed by atoms with Gasteiger partial charge in [0.2, 0.25) is 5.88 Å². The van der Waals surface area contributed by atoms with Gasteiger partial charge in [-0.05, 0) is 43.0 Å². The summed E-state index contributed by atoms with van der Waals surface area (Å²) in [6.07, 6.45) is 3.57. The van der Waals surface area contributed by atoms with Gasteiger partial charge in [-0.15, -0.1) is 0 Å². The second-order valence-electron chi connectivity index (χ2n) is 7.20. The molecule has 0 radical (unpaired) electrons. The normalized spacial score (nSPS) is 17.0. The Morgan fingerprint density at radius 2 is 2.11 bits per heavy atom. The van der Waals surface area contributed by atoms with Gasteiger partial charge in [-0.2, -0.15) is 0 Å². The van der Waals surface area contributed by atoms with Crippen molar-refractivity contribution in [2.45, 2.75) is 19.3 Å². The first kappa shape index (κ1) is 18.7. The molecular weight excluding hydrogens is 380 g/mol. The molecule has 2 aliphatic heterocycles. The molecule has 0 aliphatic carbocycles. The van der Waals surface area contributed by atoms with E-state index in [1.807, 2.05) is 23.1 Å². The fourth-order valence-electron chi connectivity index (χ4n) is 3.54. The predicted octanol–water partition coefficient (Wildman–Crippen LogP) is 3.17. The largest absolute Gasteiger partial charge is 0.493 e. The molecule has 2 aromatic rings. The van der Waals surface area contributed by atoms with Gasteiger partial charge in [-0.3, -0.25) is 9.59 Å². The summed E-state index contributed by atoms with van der Waals surface area (Å²) in [5, 5.41) is 0.656. The maximum atomic E-state index is 12.8. The number of aromatic nitrogens is 1. The van der Waals surface area contributed by atoms with Gasteiger partial charge in [0.15, 0.2) is 5.78 Å². The Hall–Kier alpha value is -2.60. The van der Waals surface area contributed by atoms with Gasteiger partial charge < -0.3 is 14.4 Å². The summed E-state index contributed by atoms with van der Waals surface area (Å²) in [5.41, 5.74) is 1.19. The van der Waals surface area contributed by atoms with E-state index in [1.165, 1.54) is 6.20 Å². The Labute approximate surface area is 168 Å². The molecule has 0 spiro atoms. The fourth-order valence-corrected chi connectivity index (χ4v) is 3.72. The zero-order valence-electron chi connectivity index (χ0n) is 15.4. The third-order valence-electron chi connectivity index (χ3n) is 5.11. The number of carbonyl (C=O) groups is 2. The van der Waals surface area contributed by atoms with Crippen molar-refractivity contribution in [1.29, 1.82) is 0 Å². The number of carbonyl (C=O) groups excluding carboxylic acids is 2. The van der Waals surface area contributed by atoms with Crippen LogP contribution in [0.1, 0.15) is 28.8 Å². The lowest BCUT2D eigenvalue weighted by Crippen LogP contribution is -2.39. The van der Waals surface area contributed by atoms with Gasteiger partial charge >= 0.3 is 0 Å². The van der Waals surface area contributed by atoms with Gasteiger partial charge in [0.25, 0.3) is 5.91 Å². The molecule has 3 heterocycles. The van der Waals surface area contributed by atoms with Crippen molar-refractivity contribution in [1.82, 2.24) is 9.88 Å². The summed E-state index contributed by atoms with van der Waals surface area (Å²) in [4.78, 5) is 30.4. The van der Waals surface area contributed by atoms with Crippen LogP contribution in [0.4, 0.5) is 0 Å². The maximum absolute atomic E-state index is 12.8. The topological polar surface area (TPSA) is 68.7 Å². The number of benzene rings is 1. The molecule has 0 N–H and O–H groups in total. The van der Waals surface area contributed by atoms with E-state index < -0.39 is 0 Å². The molecule has 0 unspecified atom stereocenters. The van der Waals surface area contributed by atoms with Gasteiger partial charge in [0, 0.05) is 36.3 Å². The van der Waals surface area contributed by atoms with E-state index in [9.17, 15) is 9.59 Å². The Morgan fingerprint density at radius 1 is 1.29 bits per heavy atom. The van der Waals surface area contributed by atoms with Crippen LogP contribution in [0.15, 0.2) is 36.5 Å². The molecule has 1 amide bonds. The third-order valence-corrected chi connectivity index (χ3v) is 5.35. The van der Waals surface area contributed by atoms with Crippen LogP contribution in [-0.2, 0) is 11.2 Å². The number of hydrogen-bond acceptors (Lipinski definition) is 5. The van der Waals surface area contributed by atoms with E-state index in [2.05, 4.69) is 4.98 Å². The molecule has 4 rings (SSSR count). The monoisotopic (exact) mass is 400 g/mol. The standard InChI is InChI=1S/C21H21ClN2O4/c22-17-2-1-3-19(10-17)27-12-14-4-6-24(7-5-14)21(26)16-8-15-9-18(25)13-28-20(15)23-11-16/h1-3,8,10-11,14H,4-7,9,12-13H2. The number of piperidine rings is 1. The number of nitrogens with zero attached hydrogens (tertiary/aromatic N) is 2. The lowest BCUT2D eigenvalue weighted by Gasteiger charge is -2.32. The van der Waals surface area contributed by atoms with Crippen molar-refractivity contribution >= 4 is 23.3 Å². The molecule has 1 aromatic carbocycles. The van der Waals surface area contributed by atoms with E-state index in [1.54, 1.807) is 12.1 Å².